The number of azo groups is 1. The summed E-state index contributed by atoms with van der Waals surface area (Å²) in [6.07, 6.45) is 7.98. The quantitative estimate of drug-likeness (QED) is 0.0388. The molecule has 0 saturated carbocycles. The van der Waals surface area contributed by atoms with Crippen molar-refractivity contribution >= 4 is 17.3 Å². The molecule has 0 spiro atoms. The average Bonchev–Trinajstić information content (AvgIpc) is 2.95. The van der Waals surface area contributed by atoms with Crippen LogP contribution in [0.3, 0.4) is 0 Å². The van der Waals surface area contributed by atoms with Crippen LogP contribution in [0, 0.1) is 0 Å². The van der Waals surface area contributed by atoms with Crippen LogP contribution >= 0.6 is 0 Å². The van der Waals surface area contributed by atoms with E-state index in [0.717, 1.165) is 79.8 Å². The first kappa shape index (κ1) is 32.3. The molecule has 2 aromatic rings. The highest BCUT2D eigenvalue weighted by Crippen LogP contribution is 2.23. The van der Waals surface area contributed by atoms with Crippen molar-refractivity contribution in [3.63, 3.8) is 0 Å². The fourth-order valence-corrected chi connectivity index (χ4v) is 3.44. The number of esters is 1. The molecule has 0 heterocycles. The van der Waals surface area contributed by atoms with Crippen LogP contribution in [0.2, 0.25) is 0 Å². The monoisotopic (exact) mass is 548 g/mol. The Bertz CT molecular complexity index is 1000. The molecule has 0 aromatic heterocycles. The number of hydrogen-bond acceptors (Lipinski definition) is 7. The van der Waals surface area contributed by atoms with Gasteiger partial charge in [-0.25, -0.2) is 4.79 Å². The van der Waals surface area contributed by atoms with Gasteiger partial charge in [0.1, 0.15) is 17.3 Å². The highest BCUT2D eigenvalue weighted by molar-refractivity contribution is 5.86. The molecule has 7 heteroatoms. The summed E-state index contributed by atoms with van der Waals surface area (Å²) in [5.74, 6) is 1.98. The fourth-order valence-electron chi connectivity index (χ4n) is 3.44. The van der Waals surface area contributed by atoms with Crippen molar-refractivity contribution in [2.75, 3.05) is 26.4 Å². The van der Waals surface area contributed by atoms with Crippen molar-refractivity contribution < 1.29 is 23.7 Å². The van der Waals surface area contributed by atoms with Crippen LogP contribution < -0.4 is 9.47 Å². The Labute approximate surface area is 239 Å². The van der Waals surface area contributed by atoms with E-state index in [2.05, 4.69) is 30.0 Å². The minimum atomic E-state index is -0.323. The topological polar surface area (TPSA) is 78.7 Å². The maximum Gasteiger partial charge on any atom is 0.333 e. The summed E-state index contributed by atoms with van der Waals surface area (Å²) in [4.78, 5) is 11.3. The Balaban J connectivity index is 1.56. The summed E-state index contributed by atoms with van der Waals surface area (Å²) >= 11 is 0. The van der Waals surface area contributed by atoms with Crippen LogP contribution in [0.4, 0.5) is 11.4 Å². The van der Waals surface area contributed by atoms with Crippen LogP contribution in [0.5, 0.6) is 11.5 Å². The second-order valence-corrected chi connectivity index (χ2v) is 9.68. The van der Waals surface area contributed by atoms with Crippen molar-refractivity contribution in [1.29, 1.82) is 0 Å². The number of ether oxygens (including phenoxy) is 4. The number of allylic oxidation sites excluding steroid dienone is 1. The highest BCUT2D eigenvalue weighted by atomic mass is 16.5. The maximum atomic E-state index is 11.3. The molecule has 0 atom stereocenters. The summed E-state index contributed by atoms with van der Waals surface area (Å²) in [7, 11) is 0. The largest absolute Gasteiger partial charge is 0.494 e. The van der Waals surface area contributed by atoms with Gasteiger partial charge in [-0.05, 0) is 119 Å². The van der Waals surface area contributed by atoms with Gasteiger partial charge in [-0.1, -0.05) is 19.7 Å². The summed E-state index contributed by atoms with van der Waals surface area (Å²) in [6.45, 7) is 17.2. The van der Waals surface area contributed by atoms with Crippen molar-refractivity contribution in [1.82, 2.24) is 0 Å². The van der Waals surface area contributed by atoms with Crippen molar-refractivity contribution in [3.05, 3.63) is 85.2 Å². The predicted octanol–water partition coefficient (Wildman–Crippen LogP) is 9.21. The third kappa shape index (κ3) is 14.3. The first-order chi connectivity index (χ1) is 19.3. The first-order valence-corrected chi connectivity index (χ1v) is 14.0. The van der Waals surface area contributed by atoms with Crippen LogP contribution in [0.15, 0.2) is 95.4 Å². The van der Waals surface area contributed by atoms with Gasteiger partial charge < -0.3 is 18.9 Å². The van der Waals surface area contributed by atoms with E-state index in [1.54, 1.807) is 6.92 Å². The summed E-state index contributed by atoms with van der Waals surface area (Å²) in [5, 5.41) is 8.62. The number of nitrogens with zero attached hydrogens (tertiary/aromatic N) is 2. The van der Waals surface area contributed by atoms with Gasteiger partial charge in [0.15, 0.2) is 0 Å². The lowest BCUT2D eigenvalue weighted by Crippen LogP contribution is -2.06. The third-order valence-electron chi connectivity index (χ3n) is 5.90. The van der Waals surface area contributed by atoms with Crippen LogP contribution in [0.25, 0.3) is 0 Å². The zero-order valence-corrected chi connectivity index (χ0v) is 24.2. The fraction of sp³-hybridized carbons (Fsp3) is 0.424. The Hall–Kier alpha value is -3.87. The van der Waals surface area contributed by atoms with Crippen molar-refractivity contribution in [3.8, 4) is 11.5 Å². The van der Waals surface area contributed by atoms with E-state index >= 15 is 0 Å². The molecule has 0 radical (unpaired) electrons. The van der Waals surface area contributed by atoms with E-state index in [-0.39, 0.29) is 5.97 Å². The molecule has 2 rings (SSSR count). The van der Waals surface area contributed by atoms with E-state index in [0.29, 0.717) is 37.8 Å². The zero-order valence-electron chi connectivity index (χ0n) is 24.2. The Morgan fingerprint density at radius 2 is 0.975 bits per heavy atom. The lowest BCUT2D eigenvalue weighted by atomic mass is 10.2. The minimum Gasteiger partial charge on any atom is -0.494 e. The zero-order chi connectivity index (χ0) is 29.0. The predicted molar refractivity (Wildman–Crippen MR) is 161 cm³/mol. The minimum absolute atomic E-state index is 0.323. The molecule has 0 aliphatic heterocycles. The lowest BCUT2D eigenvalue weighted by Gasteiger charge is -2.09. The Morgan fingerprint density at radius 1 is 0.575 bits per heavy atom. The van der Waals surface area contributed by atoms with E-state index in [4.69, 9.17) is 18.9 Å². The molecule has 0 amide bonds. The van der Waals surface area contributed by atoms with Gasteiger partial charge >= 0.3 is 5.97 Å². The average molecular weight is 549 g/mol. The van der Waals surface area contributed by atoms with Crippen molar-refractivity contribution in [2.45, 2.75) is 65.2 Å². The molecule has 0 fully saturated rings. The van der Waals surface area contributed by atoms with Gasteiger partial charge in [-0.3, -0.25) is 0 Å². The molecule has 0 bridgehead atoms. The van der Waals surface area contributed by atoms with Gasteiger partial charge in [-0.15, -0.1) is 0 Å². The van der Waals surface area contributed by atoms with E-state index in [1.807, 2.05) is 55.5 Å². The Kier molecular flexibility index (Phi) is 15.5. The third-order valence-corrected chi connectivity index (χ3v) is 5.90. The highest BCUT2D eigenvalue weighted by Gasteiger charge is 2.02. The maximum absolute atomic E-state index is 11.3. The molecule has 7 nitrogen and oxygen atoms in total. The smallest absolute Gasteiger partial charge is 0.333 e. The summed E-state index contributed by atoms with van der Waals surface area (Å²) in [5.41, 5.74) is 2.83. The number of unbranched alkanes of at least 4 members (excludes halogenated alkanes) is 6. The van der Waals surface area contributed by atoms with Gasteiger partial charge in [0.05, 0.1) is 37.8 Å². The van der Waals surface area contributed by atoms with Gasteiger partial charge in [0, 0.05) is 5.57 Å². The van der Waals surface area contributed by atoms with Crippen LogP contribution in [0.1, 0.15) is 65.2 Å². The molecule has 0 unspecified atom stereocenters. The SMILES string of the molecule is C=C(C)C(=C)OCCCCCCOc1ccc(/N=N/c2ccc(OCCCCCCOC(=O)C(=C)C)cc2)cc1. The number of carbonyl (C=O) groups is 1. The van der Waals surface area contributed by atoms with E-state index in [1.165, 1.54) is 0 Å². The van der Waals surface area contributed by atoms with Crippen LogP contribution in [-0.2, 0) is 14.3 Å². The second-order valence-electron chi connectivity index (χ2n) is 9.68. The molecule has 0 aliphatic carbocycles. The number of benzene rings is 2. The van der Waals surface area contributed by atoms with E-state index < -0.39 is 0 Å². The molecule has 216 valence electrons. The number of hydrogen-bond donors (Lipinski definition) is 0. The summed E-state index contributed by atoms with van der Waals surface area (Å²) < 4.78 is 22.2. The van der Waals surface area contributed by atoms with Gasteiger partial charge in [-0.2, -0.15) is 10.2 Å². The molecule has 2 aromatic carbocycles. The second kappa shape index (κ2) is 19.2. The van der Waals surface area contributed by atoms with Gasteiger partial charge in [0.25, 0.3) is 0 Å². The molecular weight excluding hydrogens is 504 g/mol. The standard InChI is InChI=1S/C33H44N2O5/c1-26(2)28(5)37-22-10-6-7-11-23-38-31-18-14-29(15-19-31)34-35-30-16-20-32(21-17-30)39-24-12-8-9-13-25-40-33(36)27(3)4/h14-21H,1,3,5-13,22-25H2,2,4H3/b35-34+. The summed E-state index contributed by atoms with van der Waals surface area (Å²) in [6, 6.07) is 15.2. The number of carbonyl (C=O) groups excluding carboxylic acids is 1. The van der Waals surface area contributed by atoms with Gasteiger partial charge in [0.2, 0.25) is 0 Å². The molecule has 40 heavy (non-hydrogen) atoms. The Morgan fingerprint density at radius 3 is 1.38 bits per heavy atom. The number of rotatable bonds is 21. The molecule has 0 N–H and O–H groups in total. The molecule has 0 aliphatic rings. The van der Waals surface area contributed by atoms with E-state index in [9.17, 15) is 4.79 Å². The van der Waals surface area contributed by atoms with Crippen molar-refractivity contribution in [2.24, 2.45) is 10.2 Å². The first-order valence-electron chi connectivity index (χ1n) is 14.0. The molecule has 0 saturated heterocycles. The van der Waals surface area contributed by atoms with Crippen LogP contribution in [-0.4, -0.2) is 32.4 Å². The lowest BCUT2D eigenvalue weighted by molar-refractivity contribution is -0.139. The molecular formula is C33H44N2O5. The normalized spacial score (nSPS) is 10.8.